The highest BCUT2D eigenvalue weighted by atomic mass is 79.9. The second kappa shape index (κ2) is 31.0. The van der Waals surface area contributed by atoms with Gasteiger partial charge in [0, 0.05) is 143 Å². The fraction of sp³-hybridized carbons (Fsp3) is 0.0933. The van der Waals surface area contributed by atoms with Crippen LogP contribution in [0.25, 0.3) is 66.4 Å². The number of sulfone groups is 1. The van der Waals surface area contributed by atoms with Gasteiger partial charge in [-0.3, -0.25) is 19.2 Å². The van der Waals surface area contributed by atoms with Gasteiger partial charge in [-0.1, -0.05) is 139 Å². The lowest BCUT2D eigenvalue weighted by Crippen LogP contribution is -2.00. The summed E-state index contributed by atoms with van der Waals surface area (Å²) in [5.41, 5.74) is 16.1. The van der Waals surface area contributed by atoms with Gasteiger partial charge in [0.05, 0.1) is 11.1 Å². The summed E-state index contributed by atoms with van der Waals surface area (Å²) < 4.78 is 41.0. The zero-order valence-corrected chi connectivity index (χ0v) is 55.3. The van der Waals surface area contributed by atoms with Crippen molar-refractivity contribution in [3.63, 3.8) is 0 Å². The van der Waals surface area contributed by atoms with E-state index in [-0.39, 0.29) is 46.4 Å². The summed E-state index contributed by atoms with van der Waals surface area (Å²) in [7, 11) is -3.31. The number of aromatic amines is 4. The Morgan fingerprint density at radius 1 is 0.438 bits per heavy atom. The average Bonchev–Trinajstić information content (AvgIpc) is 1.58. The Hall–Kier alpha value is -10.8. The molecule has 0 aliphatic heterocycles. The number of ketones is 4. The lowest BCUT2D eigenvalue weighted by molar-refractivity contribution is 0.103. The van der Waals surface area contributed by atoms with Gasteiger partial charge < -0.3 is 35.6 Å². The van der Waals surface area contributed by atoms with Crippen LogP contribution in [0.5, 0.6) is 0 Å². The van der Waals surface area contributed by atoms with Crippen molar-refractivity contribution in [2.75, 3.05) is 17.2 Å². The molecule has 0 radical (unpaired) electrons. The fourth-order valence-electron chi connectivity index (χ4n) is 10.6. The number of aromatic nitrogens is 8. The Bertz CT molecular complexity index is 5180. The van der Waals surface area contributed by atoms with Gasteiger partial charge in [-0.15, -0.1) is 0 Å². The average molecular weight is 1390 g/mol. The first-order valence-electron chi connectivity index (χ1n) is 29.1. The number of benzene rings is 6. The molecule has 14 rings (SSSR count). The van der Waals surface area contributed by atoms with Crippen molar-refractivity contribution in [3.05, 3.63) is 296 Å². The number of nitrogens with zero attached hydrogens (tertiary/aromatic N) is 4. The third-order valence-corrected chi connectivity index (χ3v) is 17.2. The Morgan fingerprint density at radius 2 is 0.781 bits per heavy atom. The predicted molar refractivity (Wildman–Crippen MR) is 386 cm³/mol. The van der Waals surface area contributed by atoms with Crippen LogP contribution in [0, 0.1) is 33.5 Å². The number of carbonyl (C=O) groups is 4. The SMILES string of the molecule is C.CSNc1cccc(-c2cnc3[nH]cc(C(=O)c4cccc(C)c4)c3c2)c1.Cc1cccc(C(=O)c2c[nH]c3ncc(-c4cccc(S(C)(=O)=O)c4)cc23)c1.Cc1cccc(C(=O)c2c[nH]c3ncc(Br)cc23)c1.Cc1cccc(C(=O)c2c[nH]c3ncc(F)cc23)c1.O.O. The molecule has 0 saturated heterocycles. The molecule has 96 heavy (non-hydrogen) atoms. The molecule has 0 saturated carbocycles. The van der Waals surface area contributed by atoms with Crippen LogP contribution in [-0.4, -0.2) is 94.9 Å². The minimum Gasteiger partial charge on any atom is -0.412 e. The number of halogens is 2. The van der Waals surface area contributed by atoms with Crippen LogP contribution in [0.15, 0.2) is 229 Å². The van der Waals surface area contributed by atoms with E-state index in [1.165, 1.54) is 12.3 Å². The number of fused-ring (bicyclic) bond motifs is 4. The number of rotatable bonds is 13. The number of anilines is 1. The van der Waals surface area contributed by atoms with Gasteiger partial charge in [-0.2, -0.15) is 0 Å². The van der Waals surface area contributed by atoms with Crippen molar-refractivity contribution in [1.29, 1.82) is 0 Å². The molecule has 0 atom stereocenters. The van der Waals surface area contributed by atoms with Crippen LogP contribution in [0.3, 0.4) is 0 Å². The molecule has 9 N–H and O–H groups in total. The third kappa shape index (κ3) is 16.2. The van der Waals surface area contributed by atoms with E-state index in [0.717, 1.165) is 77.3 Å². The largest absolute Gasteiger partial charge is 0.412 e. The third-order valence-electron chi connectivity index (χ3n) is 15.2. The summed E-state index contributed by atoms with van der Waals surface area (Å²) in [6, 6.07) is 52.0. The van der Waals surface area contributed by atoms with Crippen LogP contribution in [0.4, 0.5) is 10.1 Å². The van der Waals surface area contributed by atoms with Gasteiger partial charge in [0.25, 0.3) is 0 Å². The van der Waals surface area contributed by atoms with Crippen LogP contribution in [0.1, 0.15) is 93.4 Å². The minimum atomic E-state index is -3.31. The molecule has 8 aromatic heterocycles. The van der Waals surface area contributed by atoms with E-state index in [1.54, 1.807) is 79.5 Å². The Kier molecular flexibility index (Phi) is 22.9. The smallest absolute Gasteiger partial charge is 0.195 e. The number of pyridine rings is 4. The number of hydrogen-bond acceptors (Lipinski definition) is 12. The number of aryl methyl sites for hydroxylation is 4. The normalized spacial score (nSPS) is 10.8. The highest BCUT2D eigenvalue weighted by molar-refractivity contribution is 9.10. The van der Waals surface area contributed by atoms with E-state index in [2.05, 4.69) is 66.6 Å². The van der Waals surface area contributed by atoms with E-state index in [4.69, 9.17) is 0 Å². The predicted octanol–water partition coefficient (Wildman–Crippen LogP) is 15.7. The number of nitrogens with one attached hydrogen (secondary N) is 5. The van der Waals surface area contributed by atoms with Gasteiger partial charge >= 0.3 is 0 Å². The summed E-state index contributed by atoms with van der Waals surface area (Å²) in [5.74, 6) is -0.664. The van der Waals surface area contributed by atoms with Crippen LogP contribution in [0.2, 0.25) is 0 Å². The minimum absolute atomic E-state index is 0. The molecule has 21 heteroatoms. The Morgan fingerprint density at radius 3 is 1.17 bits per heavy atom. The second-order valence-corrected chi connectivity index (χ2v) is 25.7. The zero-order valence-electron chi connectivity index (χ0n) is 52.1. The first-order valence-corrected chi connectivity index (χ1v) is 33.0. The van der Waals surface area contributed by atoms with E-state index in [9.17, 15) is 32.0 Å². The molecule has 14 aromatic rings. The van der Waals surface area contributed by atoms with Gasteiger partial charge in [0.2, 0.25) is 0 Å². The summed E-state index contributed by atoms with van der Waals surface area (Å²) in [6.07, 6.45) is 16.2. The van der Waals surface area contributed by atoms with Crippen molar-refractivity contribution in [3.8, 4) is 22.3 Å². The quantitative estimate of drug-likeness (QED) is 0.0532. The number of carbonyl (C=O) groups excluding carboxylic acids is 4. The maximum Gasteiger partial charge on any atom is 0.195 e. The van der Waals surface area contributed by atoms with Crippen LogP contribution in [-0.2, 0) is 9.84 Å². The zero-order chi connectivity index (χ0) is 65.5. The highest BCUT2D eigenvalue weighted by Gasteiger charge is 2.20. The lowest BCUT2D eigenvalue weighted by Gasteiger charge is -2.07. The Balaban J connectivity index is 0.000000164. The molecular weight excluding hydrogens is 1320 g/mol. The highest BCUT2D eigenvalue weighted by Crippen LogP contribution is 2.31. The molecule has 0 bridgehead atoms. The number of H-pyrrole nitrogens is 4. The molecule has 486 valence electrons. The fourth-order valence-corrected chi connectivity index (χ4v) is 11.9. The molecule has 0 spiro atoms. The molecule has 0 unspecified atom stereocenters. The first kappa shape index (κ1) is 71.0. The molecular formula is C75H67BrFN9O8S2. The van der Waals surface area contributed by atoms with E-state index >= 15 is 0 Å². The molecule has 0 fully saturated rings. The molecule has 8 heterocycles. The first-order chi connectivity index (χ1) is 44.8. The van der Waals surface area contributed by atoms with Gasteiger partial charge in [-0.25, -0.2) is 32.7 Å². The van der Waals surface area contributed by atoms with Crippen molar-refractivity contribution < 1.29 is 42.9 Å². The summed E-state index contributed by atoms with van der Waals surface area (Å²) >= 11 is 4.93. The van der Waals surface area contributed by atoms with Gasteiger partial charge in [0.15, 0.2) is 33.0 Å². The topological polar surface area (TPSA) is 292 Å². The summed E-state index contributed by atoms with van der Waals surface area (Å²) in [4.78, 5) is 80.3. The molecule has 0 aliphatic rings. The molecule has 0 aliphatic carbocycles. The van der Waals surface area contributed by atoms with Gasteiger partial charge in [-0.05, 0) is 128 Å². The van der Waals surface area contributed by atoms with Crippen molar-refractivity contribution >= 4 is 111 Å². The molecule has 0 amide bonds. The van der Waals surface area contributed by atoms with E-state index < -0.39 is 15.7 Å². The van der Waals surface area contributed by atoms with Crippen LogP contribution >= 0.6 is 27.9 Å². The summed E-state index contributed by atoms with van der Waals surface area (Å²) in [5, 5.41) is 2.88. The summed E-state index contributed by atoms with van der Waals surface area (Å²) in [6.45, 7) is 7.83. The second-order valence-electron chi connectivity index (χ2n) is 22.1. The van der Waals surface area contributed by atoms with Crippen LogP contribution < -0.4 is 4.72 Å². The monoisotopic (exact) mass is 1380 g/mol. The molecule has 17 nitrogen and oxygen atoms in total. The van der Waals surface area contributed by atoms with E-state index in [1.807, 2.05) is 168 Å². The van der Waals surface area contributed by atoms with Gasteiger partial charge in [0.1, 0.15) is 28.4 Å². The van der Waals surface area contributed by atoms with Crippen molar-refractivity contribution in [2.45, 2.75) is 40.0 Å². The van der Waals surface area contributed by atoms with Crippen molar-refractivity contribution in [2.24, 2.45) is 0 Å². The van der Waals surface area contributed by atoms with E-state index in [0.29, 0.717) is 72.2 Å². The molecule has 6 aromatic carbocycles. The number of hydrogen-bond donors (Lipinski definition) is 5. The maximum atomic E-state index is 13.2. The lowest BCUT2D eigenvalue weighted by atomic mass is 10.00. The maximum absolute atomic E-state index is 13.2. The standard InChI is InChI=1S/C22H19N3OS.C22H18N2O3S.C15H11BrN2O.C15H11FN2O.CH4.2H2O/c1-14-5-3-7-16(9-14)21(26)20-13-24-22-19(20)11-17(12-23-22)15-6-4-8-18(10-15)25-27-2;1-14-5-3-7-16(9-14)21(25)20-13-24-22-19(20)11-17(12-23-22)15-6-4-8-18(10-15)28(2,26)27;2*1-9-3-2-4-10(5-9)14(19)13-8-18-15-12(13)6-11(16)7-17-15;;;/h3-13,25H,1-2H3,(H,23,24);3-13H,1-2H3,(H,23,24);2*2-8H,1H3,(H,17,18);1H4;2*1H2. The Labute approximate surface area is 565 Å². The van der Waals surface area contributed by atoms with Crippen molar-refractivity contribution in [1.82, 2.24) is 39.9 Å².